The van der Waals surface area contributed by atoms with Crippen LogP contribution >= 0.6 is 0 Å². The van der Waals surface area contributed by atoms with Crippen molar-refractivity contribution in [3.63, 3.8) is 0 Å². The molecule has 588 valence electrons. The van der Waals surface area contributed by atoms with Crippen molar-refractivity contribution in [3.8, 4) is 0 Å². The minimum absolute atomic E-state index is 0.00792. The SMILES string of the molecule is CNC(=O)CCN(CCCCCN)CCN(CCC(=O)NC)CCC(=O)NC.CNC(=O)CCN(CCN)CCN(CCN)CCC(=O)NC.CNC(=O)CCN(CCN)CCNCCN(CCC(=O)NC)CCC(=O)NC.CNC(=O)CCNCCN(CCCCCN)CCC(=O)NC. The van der Waals surface area contributed by atoms with Crippen molar-refractivity contribution >= 4 is 59.1 Å². The Bertz CT molecular complexity index is 1970. The van der Waals surface area contributed by atoms with E-state index in [0.29, 0.717) is 149 Å². The molecular formula is C66H144N24O10. The van der Waals surface area contributed by atoms with Crippen LogP contribution in [0.5, 0.6) is 0 Å². The molecule has 0 rings (SSSR count). The Balaban J connectivity index is -0.000000618. The Hall–Kier alpha value is -5.86. The fraction of sp³-hybridized carbons (Fsp3) is 0.848. The summed E-state index contributed by atoms with van der Waals surface area (Å²) >= 11 is 0. The molecule has 0 aromatic heterocycles. The zero-order valence-electron chi connectivity index (χ0n) is 63.6. The van der Waals surface area contributed by atoms with Crippen LogP contribution in [0.15, 0.2) is 0 Å². The smallest absolute Gasteiger partial charge is 0.221 e. The molecule has 0 saturated carbocycles. The van der Waals surface area contributed by atoms with E-state index in [-0.39, 0.29) is 59.1 Å². The molecular weight excluding hydrogens is 1290 g/mol. The molecule has 0 aromatic carbocycles. The lowest BCUT2D eigenvalue weighted by atomic mass is 10.2. The van der Waals surface area contributed by atoms with Gasteiger partial charge in [-0.1, -0.05) is 12.8 Å². The minimum Gasteiger partial charge on any atom is -0.359 e. The molecule has 0 fully saturated rings. The highest BCUT2D eigenvalue weighted by Gasteiger charge is 2.17. The van der Waals surface area contributed by atoms with Crippen molar-refractivity contribution < 1.29 is 47.9 Å². The predicted octanol–water partition coefficient (Wildman–Crippen LogP) is -6.27. The van der Waals surface area contributed by atoms with Gasteiger partial charge in [-0.25, -0.2) is 0 Å². The van der Waals surface area contributed by atoms with E-state index in [4.69, 9.17) is 28.7 Å². The van der Waals surface area contributed by atoms with Gasteiger partial charge in [0.15, 0.2) is 0 Å². The zero-order valence-corrected chi connectivity index (χ0v) is 63.6. The molecule has 0 radical (unpaired) electrons. The molecule has 0 bridgehead atoms. The minimum atomic E-state index is -0.0109. The quantitative estimate of drug-likeness (QED) is 0.0252. The van der Waals surface area contributed by atoms with E-state index >= 15 is 0 Å². The Morgan fingerprint density at radius 2 is 0.370 bits per heavy atom. The standard InChI is InChI=1S/C19H40N6O3.C18H39N7O3.C15H33N5O2.C14H32N6O2/c1-21-17(26)7-12-24(11-6-4-5-10-20)15-16-25(13-8-18(27)22-2)14-9-19(28)23-3;1-20-16(26)4-10-24(11-5-17(27)21-2)14-8-23-9-15-25(13-7-19)12-6-18(28)22-3;1-17-14(21)6-9-19-10-13-20(11-5-3-4-8-16)12-7-15(22)18-2;1-17-13(21)3-7-19(9-5-15)11-12-20(10-6-16)8-4-14(22)18-2/h4-16,20H2,1-3H3,(H,21,26)(H,22,27)(H,23,28);23H,4-15,19H2,1-3H3,(H,20,26)(H,21,27)(H,22,28);19H,3-13,16H2,1-2H3,(H,17,21)(H,18,22);3-12,15-16H2,1-2H3,(H,17,21)(H,18,22). The maximum absolute atomic E-state index is 11.6. The lowest BCUT2D eigenvalue weighted by molar-refractivity contribution is -0.122. The van der Waals surface area contributed by atoms with Crippen molar-refractivity contribution in [1.82, 2.24) is 98.1 Å². The van der Waals surface area contributed by atoms with Gasteiger partial charge in [0.2, 0.25) is 59.1 Å². The second kappa shape index (κ2) is 74.3. The lowest BCUT2D eigenvalue weighted by Gasteiger charge is -2.27. The van der Waals surface area contributed by atoms with Gasteiger partial charge < -0.3 is 127 Å². The number of nitrogens with zero attached hydrogens (tertiary/aromatic N) is 7. The third-order valence-corrected chi connectivity index (χ3v) is 16.2. The van der Waals surface area contributed by atoms with Crippen LogP contribution in [0.4, 0.5) is 0 Å². The Labute approximate surface area is 601 Å². The van der Waals surface area contributed by atoms with Gasteiger partial charge in [-0.15, -0.1) is 0 Å². The molecule has 100 heavy (non-hydrogen) atoms. The van der Waals surface area contributed by atoms with Crippen LogP contribution in [0.2, 0.25) is 0 Å². The topological polar surface area (TPSA) is 468 Å². The summed E-state index contributed by atoms with van der Waals surface area (Å²) in [6.07, 6.45) is 10.9. The first-order valence-corrected chi connectivity index (χ1v) is 36.2. The highest BCUT2D eigenvalue weighted by atomic mass is 16.2. The predicted molar refractivity (Wildman–Crippen MR) is 401 cm³/mol. The molecule has 0 saturated heterocycles. The molecule has 0 aliphatic rings. The molecule has 0 spiro atoms. The first-order chi connectivity index (χ1) is 48.1. The largest absolute Gasteiger partial charge is 0.359 e. The number of nitrogens with two attached hydrogens (primary N) is 5. The van der Waals surface area contributed by atoms with Crippen LogP contribution in [-0.4, -0.2) is 360 Å². The molecule has 0 aliphatic carbocycles. The van der Waals surface area contributed by atoms with Crippen molar-refractivity contribution in [2.75, 3.05) is 267 Å². The van der Waals surface area contributed by atoms with Gasteiger partial charge >= 0.3 is 0 Å². The van der Waals surface area contributed by atoms with Gasteiger partial charge in [0.05, 0.1) is 0 Å². The molecule has 0 atom stereocenters. The molecule has 10 amide bonds. The van der Waals surface area contributed by atoms with Crippen molar-refractivity contribution in [2.45, 2.75) is 103 Å². The summed E-state index contributed by atoms with van der Waals surface area (Å²) in [5.74, 6) is 0.191. The molecule has 0 heterocycles. The molecule has 0 unspecified atom stereocenters. The maximum Gasteiger partial charge on any atom is 0.221 e. The second-order valence-electron chi connectivity index (χ2n) is 23.7. The van der Waals surface area contributed by atoms with E-state index in [1.165, 1.54) is 0 Å². The van der Waals surface area contributed by atoms with Gasteiger partial charge in [-0.05, 0) is 51.9 Å². The number of amides is 10. The van der Waals surface area contributed by atoms with Gasteiger partial charge in [-0.3, -0.25) is 47.9 Å². The normalized spacial score (nSPS) is 10.9. The Kier molecular flexibility index (Phi) is 74.7. The number of rotatable bonds is 61. The average molecular weight is 1430 g/mol. The second-order valence-corrected chi connectivity index (χ2v) is 23.7. The van der Waals surface area contributed by atoms with Crippen LogP contribution in [0.25, 0.3) is 0 Å². The third kappa shape index (κ3) is 67.9. The van der Waals surface area contributed by atoms with Crippen LogP contribution in [0.3, 0.4) is 0 Å². The maximum atomic E-state index is 11.6. The summed E-state index contributed by atoms with van der Waals surface area (Å²) in [4.78, 5) is 130. The summed E-state index contributed by atoms with van der Waals surface area (Å²) in [5, 5.41) is 32.9. The lowest BCUT2D eigenvalue weighted by Crippen LogP contribution is -2.41. The van der Waals surface area contributed by atoms with Gasteiger partial charge in [0.1, 0.15) is 0 Å². The van der Waals surface area contributed by atoms with Crippen molar-refractivity contribution in [2.24, 2.45) is 28.7 Å². The van der Waals surface area contributed by atoms with Crippen LogP contribution in [0, 0.1) is 0 Å². The first kappa shape index (κ1) is 101. The molecule has 0 aromatic rings. The van der Waals surface area contributed by atoms with Crippen molar-refractivity contribution in [1.29, 1.82) is 0 Å². The summed E-state index contributed by atoms with van der Waals surface area (Å²) in [6.45, 7) is 21.8. The molecule has 34 nitrogen and oxygen atoms in total. The first-order valence-electron chi connectivity index (χ1n) is 36.2. The van der Waals surface area contributed by atoms with E-state index in [1.807, 2.05) is 0 Å². The highest BCUT2D eigenvalue weighted by molar-refractivity contribution is 5.79. The summed E-state index contributed by atoms with van der Waals surface area (Å²) in [6, 6.07) is 0. The van der Waals surface area contributed by atoms with Crippen molar-refractivity contribution in [3.05, 3.63) is 0 Å². The van der Waals surface area contributed by atoms with E-state index in [9.17, 15) is 47.9 Å². The van der Waals surface area contributed by atoms with Gasteiger partial charge in [0, 0.05) is 305 Å². The third-order valence-electron chi connectivity index (χ3n) is 16.2. The summed E-state index contributed by atoms with van der Waals surface area (Å²) in [7, 11) is 16.3. The fourth-order valence-corrected chi connectivity index (χ4v) is 9.52. The van der Waals surface area contributed by atoms with Crippen LogP contribution < -0.4 is 92.5 Å². The number of carbonyl (C=O) groups excluding carboxylic acids is 10. The monoisotopic (exact) mass is 1430 g/mol. The van der Waals surface area contributed by atoms with Crippen LogP contribution in [0.1, 0.15) is 103 Å². The van der Waals surface area contributed by atoms with Crippen LogP contribution in [-0.2, 0) is 47.9 Å². The number of unbranched alkanes of at least 4 members (excludes halogenated alkanes) is 4. The number of hydrogen-bond acceptors (Lipinski definition) is 24. The van der Waals surface area contributed by atoms with Gasteiger partial charge in [0.25, 0.3) is 0 Å². The van der Waals surface area contributed by atoms with E-state index in [1.54, 1.807) is 70.5 Å². The zero-order chi connectivity index (χ0) is 75.8. The summed E-state index contributed by atoms with van der Waals surface area (Å²) < 4.78 is 0. The molecule has 34 heteroatoms. The number of hydrogen-bond donors (Lipinski definition) is 17. The van der Waals surface area contributed by atoms with E-state index < -0.39 is 0 Å². The Morgan fingerprint density at radius 3 is 0.590 bits per heavy atom. The molecule has 0 aliphatic heterocycles. The number of carbonyl (C=O) groups is 10. The number of nitrogens with one attached hydrogen (secondary N) is 12. The van der Waals surface area contributed by atoms with Gasteiger partial charge in [-0.2, -0.15) is 0 Å². The summed E-state index contributed by atoms with van der Waals surface area (Å²) in [5.41, 5.74) is 27.9. The Morgan fingerprint density at radius 1 is 0.190 bits per heavy atom. The molecule has 22 N–H and O–H groups in total. The average Bonchev–Trinajstić information content (AvgIpc) is 1.20. The highest BCUT2D eigenvalue weighted by Crippen LogP contribution is 2.05. The fourth-order valence-electron chi connectivity index (χ4n) is 9.52. The van der Waals surface area contributed by atoms with E-state index in [0.717, 1.165) is 150 Å². The van der Waals surface area contributed by atoms with E-state index in [2.05, 4.69) is 98.1 Å².